The van der Waals surface area contributed by atoms with Gasteiger partial charge in [-0.05, 0) is 19.3 Å². The molecule has 0 radical (unpaired) electrons. The second-order valence-corrected chi connectivity index (χ2v) is 5.69. The van der Waals surface area contributed by atoms with Crippen molar-refractivity contribution in [2.24, 2.45) is 0 Å². The largest absolute Gasteiger partial charge is 0.497 e. The number of aromatic nitrogens is 2. The average Bonchev–Trinajstić information content (AvgIpc) is 2.59. The number of benzene rings is 1. The fourth-order valence-electron chi connectivity index (χ4n) is 2.98. The van der Waals surface area contributed by atoms with Crippen molar-refractivity contribution >= 4 is 17.0 Å². The number of nitrogens with zero attached hydrogens (tertiary/aromatic N) is 2. The molecule has 2 heterocycles. The van der Waals surface area contributed by atoms with Crippen molar-refractivity contribution in [3.05, 3.63) is 28.8 Å². The number of aromatic amines is 1. The van der Waals surface area contributed by atoms with Crippen LogP contribution in [0.5, 0.6) is 11.5 Å². The molecule has 8 nitrogen and oxygen atoms in total. The van der Waals surface area contributed by atoms with E-state index in [9.17, 15) is 14.7 Å². The van der Waals surface area contributed by atoms with E-state index >= 15 is 0 Å². The van der Waals surface area contributed by atoms with E-state index in [4.69, 9.17) is 9.47 Å². The molecule has 1 aliphatic heterocycles. The van der Waals surface area contributed by atoms with Crippen LogP contribution in [0.4, 0.5) is 4.79 Å². The molecule has 1 atom stereocenters. The molecule has 2 aromatic rings. The maximum atomic E-state index is 12.1. The van der Waals surface area contributed by atoms with Gasteiger partial charge in [0.25, 0.3) is 5.56 Å². The number of amides is 1. The Morgan fingerprint density at radius 2 is 2.29 bits per heavy atom. The first-order valence-corrected chi connectivity index (χ1v) is 7.78. The number of methoxy groups -OCH3 is 1. The van der Waals surface area contributed by atoms with Gasteiger partial charge in [0.1, 0.15) is 23.5 Å². The van der Waals surface area contributed by atoms with Crippen molar-refractivity contribution in [2.75, 3.05) is 20.3 Å². The van der Waals surface area contributed by atoms with Gasteiger partial charge in [-0.1, -0.05) is 0 Å². The summed E-state index contributed by atoms with van der Waals surface area (Å²) >= 11 is 0. The number of hydrogen-bond acceptors (Lipinski definition) is 5. The normalized spacial score (nSPS) is 17.7. The Balaban J connectivity index is 1.89. The van der Waals surface area contributed by atoms with E-state index in [1.54, 1.807) is 12.1 Å². The maximum absolute atomic E-state index is 12.1. The number of rotatable bonds is 4. The highest BCUT2D eigenvalue weighted by Crippen LogP contribution is 2.28. The molecule has 3 rings (SSSR count). The summed E-state index contributed by atoms with van der Waals surface area (Å²) < 4.78 is 11.0. The third-order valence-corrected chi connectivity index (χ3v) is 4.22. The zero-order valence-electron chi connectivity index (χ0n) is 13.3. The zero-order chi connectivity index (χ0) is 17.1. The fraction of sp³-hybridized carbons (Fsp3) is 0.438. The van der Waals surface area contributed by atoms with Crippen molar-refractivity contribution < 1.29 is 19.4 Å². The molecule has 0 aliphatic carbocycles. The second kappa shape index (κ2) is 6.77. The summed E-state index contributed by atoms with van der Waals surface area (Å²) in [7, 11) is 1.52. The first-order valence-electron chi connectivity index (χ1n) is 7.78. The molecule has 1 aromatic carbocycles. The molecule has 24 heavy (non-hydrogen) atoms. The number of carboxylic acid groups (broad SMARTS) is 1. The van der Waals surface area contributed by atoms with E-state index in [-0.39, 0.29) is 18.2 Å². The Morgan fingerprint density at radius 3 is 3.04 bits per heavy atom. The molecule has 128 valence electrons. The highest BCUT2D eigenvalue weighted by Gasteiger charge is 2.27. The Labute approximate surface area is 138 Å². The standard InChI is InChI=1S/C16H19N3O5/c1-23-11-6-12-14(15(20)18-9-17-12)13(7-11)24-8-10-4-2-3-5-19(10)16(21)22/h6-7,9-10H,2-5,8H2,1H3,(H,21,22)(H,17,18,20)/t10-/m1/s1. The molecule has 8 heteroatoms. The van der Waals surface area contributed by atoms with E-state index in [2.05, 4.69) is 9.97 Å². The van der Waals surface area contributed by atoms with Crippen LogP contribution in [0.3, 0.4) is 0 Å². The zero-order valence-corrected chi connectivity index (χ0v) is 13.3. The topological polar surface area (TPSA) is 105 Å². The van der Waals surface area contributed by atoms with Crippen LogP contribution in [-0.2, 0) is 0 Å². The summed E-state index contributed by atoms with van der Waals surface area (Å²) in [6, 6.07) is 3.04. The number of ether oxygens (including phenoxy) is 2. The summed E-state index contributed by atoms with van der Waals surface area (Å²) in [5, 5.41) is 9.62. The van der Waals surface area contributed by atoms with Crippen LogP contribution in [0.2, 0.25) is 0 Å². The molecule has 1 fully saturated rings. The third-order valence-electron chi connectivity index (χ3n) is 4.22. The molecule has 2 N–H and O–H groups in total. The van der Waals surface area contributed by atoms with Gasteiger partial charge in [0.2, 0.25) is 0 Å². The molecule has 0 unspecified atom stereocenters. The van der Waals surface area contributed by atoms with Crippen LogP contribution < -0.4 is 15.0 Å². The highest BCUT2D eigenvalue weighted by molar-refractivity contribution is 5.85. The summed E-state index contributed by atoms with van der Waals surface area (Å²) in [5.41, 5.74) is 0.156. The lowest BCUT2D eigenvalue weighted by Crippen LogP contribution is -2.46. The molecule has 1 amide bonds. The molecule has 1 saturated heterocycles. The molecule has 1 aromatic heterocycles. The first-order chi connectivity index (χ1) is 11.6. The Morgan fingerprint density at radius 1 is 1.46 bits per heavy atom. The van der Waals surface area contributed by atoms with Crippen LogP contribution in [0.15, 0.2) is 23.3 Å². The van der Waals surface area contributed by atoms with Gasteiger partial charge in [0, 0.05) is 18.7 Å². The van der Waals surface area contributed by atoms with Crippen LogP contribution in [-0.4, -0.2) is 52.4 Å². The highest BCUT2D eigenvalue weighted by atomic mass is 16.5. The number of piperidine rings is 1. The third kappa shape index (κ3) is 3.12. The Bertz CT molecular complexity index is 804. The van der Waals surface area contributed by atoms with Gasteiger partial charge in [0.05, 0.1) is 25.0 Å². The van der Waals surface area contributed by atoms with Crippen LogP contribution in [0.1, 0.15) is 19.3 Å². The molecular weight excluding hydrogens is 314 g/mol. The van der Waals surface area contributed by atoms with E-state index in [0.717, 1.165) is 19.3 Å². The van der Waals surface area contributed by atoms with Gasteiger partial charge >= 0.3 is 6.09 Å². The molecule has 0 spiro atoms. The van der Waals surface area contributed by atoms with Crippen molar-refractivity contribution in [2.45, 2.75) is 25.3 Å². The van der Waals surface area contributed by atoms with Crippen molar-refractivity contribution in [3.63, 3.8) is 0 Å². The minimum absolute atomic E-state index is 0.183. The number of hydrogen-bond donors (Lipinski definition) is 2. The predicted octanol–water partition coefficient (Wildman–Crippen LogP) is 1.84. The summed E-state index contributed by atoms with van der Waals surface area (Å²) in [6.45, 7) is 0.688. The molecular formula is C16H19N3O5. The maximum Gasteiger partial charge on any atom is 0.407 e. The predicted molar refractivity (Wildman–Crippen MR) is 86.8 cm³/mol. The van der Waals surface area contributed by atoms with E-state index in [1.807, 2.05) is 0 Å². The average molecular weight is 333 g/mol. The quantitative estimate of drug-likeness (QED) is 0.884. The van der Waals surface area contributed by atoms with Gasteiger partial charge in [-0.25, -0.2) is 9.78 Å². The second-order valence-electron chi connectivity index (χ2n) is 5.69. The number of carbonyl (C=O) groups is 1. The number of likely N-dealkylation sites (tertiary alicyclic amines) is 1. The summed E-state index contributed by atoms with van der Waals surface area (Å²) in [5.74, 6) is 0.865. The molecule has 0 saturated carbocycles. The van der Waals surface area contributed by atoms with E-state index < -0.39 is 6.09 Å². The van der Waals surface area contributed by atoms with Gasteiger partial charge in [-0.15, -0.1) is 0 Å². The van der Waals surface area contributed by atoms with Gasteiger partial charge in [-0.3, -0.25) is 4.79 Å². The van der Waals surface area contributed by atoms with Gasteiger partial charge < -0.3 is 24.5 Å². The van der Waals surface area contributed by atoms with Crippen molar-refractivity contribution in [1.82, 2.24) is 14.9 Å². The van der Waals surface area contributed by atoms with E-state index in [0.29, 0.717) is 28.9 Å². The summed E-state index contributed by atoms with van der Waals surface area (Å²) in [4.78, 5) is 31.5. The van der Waals surface area contributed by atoms with Crippen LogP contribution in [0.25, 0.3) is 10.9 Å². The minimum Gasteiger partial charge on any atom is -0.497 e. The Hall–Kier alpha value is -2.77. The SMILES string of the molecule is COc1cc(OC[C@H]2CCCCN2C(=O)O)c2c(=O)[nH]cnc2c1. The monoisotopic (exact) mass is 333 g/mol. The summed E-state index contributed by atoms with van der Waals surface area (Å²) in [6.07, 6.45) is 2.93. The molecule has 1 aliphatic rings. The lowest BCUT2D eigenvalue weighted by molar-refractivity contribution is 0.0840. The van der Waals surface area contributed by atoms with Crippen molar-refractivity contribution in [3.8, 4) is 11.5 Å². The van der Waals surface area contributed by atoms with E-state index in [1.165, 1.54) is 18.3 Å². The first kappa shape index (κ1) is 16.1. The molecule has 0 bridgehead atoms. The van der Waals surface area contributed by atoms with Gasteiger partial charge in [-0.2, -0.15) is 0 Å². The minimum atomic E-state index is -0.946. The van der Waals surface area contributed by atoms with Crippen LogP contribution in [0, 0.1) is 0 Å². The lowest BCUT2D eigenvalue weighted by atomic mass is 10.0. The smallest absolute Gasteiger partial charge is 0.407 e. The van der Waals surface area contributed by atoms with Gasteiger partial charge in [0.15, 0.2) is 0 Å². The lowest BCUT2D eigenvalue weighted by Gasteiger charge is -2.33. The van der Waals surface area contributed by atoms with Crippen LogP contribution >= 0.6 is 0 Å². The fourth-order valence-corrected chi connectivity index (χ4v) is 2.98. The number of nitrogens with one attached hydrogen (secondary N) is 1. The van der Waals surface area contributed by atoms with Crippen molar-refractivity contribution in [1.29, 1.82) is 0 Å². The number of H-pyrrole nitrogens is 1. The number of fused-ring (bicyclic) bond motifs is 1. The Kier molecular flexibility index (Phi) is 4.54.